The quantitative estimate of drug-likeness (QED) is 0.573. The van der Waals surface area contributed by atoms with Crippen molar-refractivity contribution >= 4 is 39.0 Å². The Bertz CT molecular complexity index is 740. The summed E-state index contributed by atoms with van der Waals surface area (Å²) in [4.78, 5) is 24.3. The van der Waals surface area contributed by atoms with Gasteiger partial charge in [0.25, 0.3) is 0 Å². The molecule has 23 heavy (non-hydrogen) atoms. The molecular weight excluding hydrogens is 384 g/mol. The number of hydrogen-bond acceptors (Lipinski definition) is 6. The lowest BCUT2D eigenvalue weighted by Crippen LogP contribution is -2.17. The Kier molecular flexibility index (Phi) is 4.97. The van der Waals surface area contributed by atoms with Crippen LogP contribution in [0, 0.1) is 0 Å². The van der Waals surface area contributed by atoms with E-state index in [0.717, 1.165) is 9.35 Å². The number of benzene rings is 1. The van der Waals surface area contributed by atoms with Gasteiger partial charge in [-0.2, -0.15) is 0 Å². The molecule has 5 nitrogen and oxygen atoms in total. The Hall–Kier alpha value is -1.86. The van der Waals surface area contributed by atoms with Gasteiger partial charge in [-0.05, 0) is 45.8 Å². The normalized spacial score (nSPS) is 12.7. The third-order valence-electron chi connectivity index (χ3n) is 3.17. The Labute approximate surface area is 145 Å². The summed E-state index contributed by atoms with van der Waals surface area (Å²) in [6, 6.07) is 8.80. The molecule has 1 aliphatic heterocycles. The number of hydrogen-bond donors (Lipinski definition) is 0. The van der Waals surface area contributed by atoms with Crippen LogP contribution in [0.25, 0.3) is 0 Å². The number of ketones is 1. The van der Waals surface area contributed by atoms with Gasteiger partial charge in [0.15, 0.2) is 18.1 Å². The van der Waals surface area contributed by atoms with Gasteiger partial charge >= 0.3 is 5.97 Å². The van der Waals surface area contributed by atoms with Gasteiger partial charge in [-0.3, -0.25) is 9.59 Å². The van der Waals surface area contributed by atoms with Crippen LogP contribution >= 0.6 is 27.3 Å². The van der Waals surface area contributed by atoms with E-state index in [4.69, 9.17) is 14.2 Å². The number of carbonyl (C=O) groups excluding carboxylic acids is 2. The Morgan fingerprint density at radius 3 is 2.65 bits per heavy atom. The van der Waals surface area contributed by atoms with E-state index in [1.54, 1.807) is 30.3 Å². The van der Waals surface area contributed by atoms with Crippen LogP contribution in [-0.4, -0.2) is 31.6 Å². The topological polar surface area (TPSA) is 61.8 Å². The van der Waals surface area contributed by atoms with Crippen molar-refractivity contribution in [3.8, 4) is 11.5 Å². The molecule has 0 fully saturated rings. The van der Waals surface area contributed by atoms with Crippen LogP contribution in [0.4, 0.5) is 0 Å². The molecule has 2 heterocycles. The van der Waals surface area contributed by atoms with Crippen molar-refractivity contribution < 1.29 is 23.8 Å². The molecule has 0 spiro atoms. The van der Waals surface area contributed by atoms with E-state index in [-0.39, 0.29) is 18.8 Å². The lowest BCUT2D eigenvalue weighted by atomic mass is 10.1. The minimum absolute atomic E-state index is 0.0814. The Balaban J connectivity index is 1.54. The Morgan fingerprint density at radius 2 is 1.91 bits per heavy atom. The Morgan fingerprint density at radius 1 is 1.13 bits per heavy atom. The summed E-state index contributed by atoms with van der Waals surface area (Å²) in [6.07, 6.45) is 0.0814. The molecule has 7 heteroatoms. The molecule has 0 amide bonds. The van der Waals surface area contributed by atoms with Gasteiger partial charge in [0.2, 0.25) is 5.78 Å². The summed E-state index contributed by atoms with van der Waals surface area (Å²) in [6.45, 7) is 0.761. The molecule has 0 atom stereocenters. The third-order valence-corrected chi connectivity index (χ3v) is 4.83. The number of fused-ring (bicyclic) bond motifs is 1. The molecule has 0 aliphatic carbocycles. The van der Waals surface area contributed by atoms with Crippen LogP contribution in [0.3, 0.4) is 0 Å². The SMILES string of the molecule is O=C(Cc1ccc2c(c1)OCCO2)OCC(=O)c1ccc(Br)s1. The molecule has 2 aromatic rings. The van der Waals surface area contributed by atoms with Crippen LogP contribution in [0.2, 0.25) is 0 Å². The monoisotopic (exact) mass is 396 g/mol. The highest BCUT2D eigenvalue weighted by Crippen LogP contribution is 2.31. The van der Waals surface area contributed by atoms with E-state index in [2.05, 4.69) is 15.9 Å². The number of halogens is 1. The molecule has 1 aromatic carbocycles. The maximum atomic E-state index is 11.9. The number of carbonyl (C=O) groups is 2. The lowest BCUT2D eigenvalue weighted by Gasteiger charge is -2.18. The van der Waals surface area contributed by atoms with Crippen LogP contribution in [-0.2, 0) is 16.0 Å². The van der Waals surface area contributed by atoms with Crippen molar-refractivity contribution in [3.05, 3.63) is 44.6 Å². The number of esters is 1. The molecule has 0 saturated carbocycles. The average Bonchev–Trinajstić information content (AvgIpc) is 2.99. The smallest absolute Gasteiger partial charge is 0.310 e. The number of Topliss-reactive ketones (excluding diaryl/α,β-unsaturated/α-hetero) is 1. The minimum atomic E-state index is -0.453. The van der Waals surface area contributed by atoms with Gasteiger partial charge in [-0.1, -0.05) is 6.07 Å². The summed E-state index contributed by atoms with van der Waals surface area (Å²) in [5.74, 6) is 0.634. The molecule has 1 aliphatic rings. The van der Waals surface area contributed by atoms with Gasteiger partial charge in [-0.25, -0.2) is 0 Å². The average molecular weight is 397 g/mol. The molecule has 0 N–H and O–H groups in total. The van der Waals surface area contributed by atoms with Crippen molar-refractivity contribution in [1.29, 1.82) is 0 Å². The van der Waals surface area contributed by atoms with Gasteiger partial charge in [0.1, 0.15) is 13.2 Å². The van der Waals surface area contributed by atoms with Crippen LogP contribution in [0.15, 0.2) is 34.1 Å². The zero-order valence-corrected chi connectivity index (χ0v) is 14.4. The minimum Gasteiger partial charge on any atom is -0.486 e. The van der Waals surface area contributed by atoms with E-state index in [1.165, 1.54) is 11.3 Å². The highest BCUT2D eigenvalue weighted by atomic mass is 79.9. The molecular formula is C16H13BrO5S. The molecule has 0 radical (unpaired) electrons. The largest absolute Gasteiger partial charge is 0.486 e. The fourth-order valence-corrected chi connectivity index (χ4v) is 3.41. The van der Waals surface area contributed by atoms with Gasteiger partial charge in [0.05, 0.1) is 15.1 Å². The zero-order valence-electron chi connectivity index (χ0n) is 12.0. The maximum absolute atomic E-state index is 11.9. The second kappa shape index (κ2) is 7.14. The lowest BCUT2D eigenvalue weighted by molar-refractivity contribution is -0.141. The second-order valence-corrected chi connectivity index (χ2v) is 7.31. The van der Waals surface area contributed by atoms with Gasteiger partial charge in [0, 0.05) is 0 Å². The molecule has 3 rings (SSSR count). The van der Waals surface area contributed by atoms with Crippen LogP contribution < -0.4 is 9.47 Å². The predicted octanol–water partition coefficient (Wildman–Crippen LogP) is 3.25. The summed E-state index contributed by atoms with van der Waals surface area (Å²) < 4.78 is 16.8. The fourth-order valence-electron chi connectivity index (χ4n) is 2.10. The highest BCUT2D eigenvalue weighted by Gasteiger charge is 2.15. The van der Waals surface area contributed by atoms with Gasteiger partial charge < -0.3 is 14.2 Å². The van der Waals surface area contributed by atoms with Crippen molar-refractivity contribution in [2.45, 2.75) is 6.42 Å². The van der Waals surface area contributed by atoms with E-state index in [9.17, 15) is 9.59 Å². The molecule has 0 bridgehead atoms. The highest BCUT2D eigenvalue weighted by molar-refractivity contribution is 9.11. The van der Waals surface area contributed by atoms with Crippen molar-refractivity contribution in [1.82, 2.24) is 0 Å². The molecule has 0 saturated heterocycles. The standard InChI is InChI=1S/C16H13BrO5S/c17-15-4-3-14(23-15)11(18)9-22-16(19)8-10-1-2-12-13(7-10)21-6-5-20-12/h1-4,7H,5-6,8-9H2. The third kappa shape index (κ3) is 4.11. The number of rotatable bonds is 5. The summed E-state index contributed by atoms with van der Waals surface area (Å²) in [7, 11) is 0. The van der Waals surface area contributed by atoms with E-state index >= 15 is 0 Å². The zero-order chi connectivity index (χ0) is 16.2. The van der Waals surface area contributed by atoms with Crippen LogP contribution in [0.1, 0.15) is 15.2 Å². The van der Waals surface area contributed by atoms with Gasteiger partial charge in [-0.15, -0.1) is 11.3 Å². The molecule has 120 valence electrons. The first-order valence-electron chi connectivity index (χ1n) is 6.94. The van der Waals surface area contributed by atoms with Crippen molar-refractivity contribution in [2.75, 3.05) is 19.8 Å². The summed E-state index contributed by atoms with van der Waals surface area (Å²) >= 11 is 4.60. The first-order valence-corrected chi connectivity index (χ1v) is 8.55. The predicted molar refractivity (Wildman–Crippen MR) is 88.4 cm³/mol. The summed E-state index contributed by atoms with van der Waals surface area (Å²) in [5, 5.41) is 0. The number of ether oxygens (including phenoxy) is 3. The van der Waals surface area contributed by atoms with Crippen molar-refractivity contribution in [3.63, 3.8) is 0 Å². The number of thiophene rings is 1. The fraction of sp³-hybridized carbons (Fsp3) is 0.250. The molecule has 1 aromatic heterocycles. The van der Waals surface area contributed by atoms with E-state index < -0.39 is 5.97 Å². The van der Waals surface area contributed by atoms with E-state index in [1.807, 2.05) is 0 Å². The molecule has 0 unspecified atom stereocenters. The van der Waals surface area contributed by atoms with Crippen molar-refractivity contribution in [2.24, 2.45) is 0 Å². The van der Waals surface area contributed by atoms with E-state index in [0.29, 0.717) is 29.6 Å². The second-order valence-electron chi connectivity index (χ2n) is 4.84. The first kappa shape index (κ1) is 16.0. The summed E-state index contributed by atoms with van der Waals surface area (Å²) in [5.41, 5.74) is 0.755. The maximum Gasteiger partial charge on any atom is 0.310 e. The first-order chi connectivity index (χ1) is 11.1. The van der Waals surface area contributed by atoms with Crippen LogP contribution in [0.5, 0.6) is 11.5 Å².